The summed E-state index contributed by atoms with van der Waals surface area (Å²) in [6.07, 6.45) is 0.579. The first kappa shape index (κ1) is 15.5. The minimum absolute atomic E-state index is 0.00470. The van der Waals surface area contributed by atoms with Gasteiger partial charge in [-0.05, 0) is 40.4 Å². The summed E-state index contributed by atoms with van der Waals surface area (Å²) in [6.45, 7) is 4.65. The Morgan fingerprint density at radius 1 is 1.50 bits per heavy atom. The third kappa shape index (κ3) is 5.37. The molecule has 1 atom stereocenters. The molecule has 102 valence electrons. The van der Waals surface area contributed by atoms with Crippen LogP contribution >= 0.6 is 27.3 Å². The molecule has 0 saturated heterocycles. The largest absolute Gasteiger partial charge is 0.396 e. The van der Waals surface area contributed by atoms with Gasteiger partial charge >= 0.3 is 6.03 Å². The van der Waals surface area contributed by atoms with E-state index in [0.29, 0.717) is 18.9 Å². The number of carbonyl (C=O) groups excluding carboxylic acids is 1. The third-order valence-electron chi connectivity index (χ3n) is 2.61. The third-order valence-corrected chi connectivity index (χ3v) is 4.24. The van der Waals surface area contributed by atoms with Crippen LogP contribution in [0.25, 0.3) is 0 Å². The van der Waals surface area contributed by atoms with Crippen molar-refractivity contribution in [1.82, 2.24) is 10.6 Å². The summed E-state index contributed by atoms with van der Waals surface area (Å²) < 4.78 is 1.06. The van der Waals surface area contributed by atoms with Crippen LogP contribution in [0.4, 0.5) is 4.79 Å². The molecule has 3 N–H and O–H groups in total. The second kappa shape index (κ2) is 7.76. The highest BCUT2D eigenvalue weighted by Gasteiger charge is 2.15. The number of carbonyl (C=O) groups is 1. The maximum atomic E-state index is 11.7. The molecule has 0 aromatic carbocycles. The summed E-state index contributed by atoms with van der Waals surface area (Å²) >= 11 is 4.98. The van der Waals surface area contributed by atoms with Crippen LogP contribution in [0.3, 0.4) is 0 Å². The van der Waals surface area contributed by atoms with Crippen LogP contribution in [0.5, 0.6) is 0 Å². The molecule has 1 heterocycles. The number of halogens is 1. The quantitative estimate of drug-likeness (QED) is 0.749. The predicted octanol–water partition coefficient (Wildman–Crippen LogP) is 2.72. The second-order valence-corrected chi connectivity index (χ2v) is 6.94. The summed E-state index contributed by atoms with van der Waals surface area (Å²) in [4.78, 5) is 12.8. The van der Waals surface area contributed by atoms with E-state index in [1.807, 2.05) is 26.0 Å². The normalized spacial score (nSPS) is 12.5. The van der Waals surface area contributed by atoms with E-state index in [0.717, 1.165) is 8.66 Å². The van der Waals surface area contributed by atoms with Crippen molar-refractivity contribution in [2.75, 3.05) is 6.61 Å². The van der Waals surface area contributed by atoms with Gasteiger partial charge in [0.25, 0.3) is 0 Å². The molecule has 1 aromatic heterocycles. The molecule has 0 fully saturated rings. The molecule has 0 aliphatic carbocycles. The van der Waals surface area contributed by atoms with E-state index < -0.39 is 0 Å². The fourth-order valence-corrected chi connectivity index (χ4v) is 2.97. The van der Waals surface area contributed by atoms with Crippen LogP contribution in [-0.4, -0.2) is 23.8 Å². The Kier molecular flexibility index (Phi) is 6.67. The zero-order valence-electron chi connectivity index (χ0n) is 10.6. The molecule has 0 saturated carbocycles. The molecule has 0 radical (unpaired) electrons. The lowest BCUT2D eigenvalue weighted by atomic mass is 10.0. The number of amides is 2. The van der Waals surface area contributed by atoms with Crippen LogP contribution in [0.15, 0.2) is 15.9 Å². The van der Waals surface area contributed by atoms with E-state index >= 15 is 0 Å². The van der Waals surface area contributed by atoms with Gasteiger partial charge in [0.15, 0.2) is 0 Å². The van der Waals surface area contributed by atoms with Crippen molar-refractivity contribution in [2.45, 2.75) is 32.9 Å². The fraction of sp³-hybridized carbons (Fsp3) is 0.583. The van der Waals surface area contributed by atoms with E-state index in [1.165, 1.54) is 0 Å². The SMILES string of the molecule is CC(C)C(CCO)NC(=O)NCc1ccc(Br)s1. The number of aliphatic hydroxyl groups is 1. The van der Waals surface area contributed by atoms with Crippen molar-refractivity contribution < 1.29 is 9.90 Å². The number of aliphatic hydroxyl groups excluding tert-OH is 1. The van der Waals surface area contributed by atoms with Gasteiger partial charge < -0.3 is 15.7 Å². The van der Waals surface area contributed by atoms with Crippen molar-refractivity contribution in [3.63, 3.8) is 0 Å². The minimum atomic E-state index is -0.188. The Morgan fingerprint density at radius 2 is 2.22 bits per heavy atom. The zero-order valence-corrected chi connectivity index (χ0v) is 13.0. The highest BCUT2D eigenvalue weighted by molar-refractivity contribution is 9.11. The molecular formula is C12H19BrN2O2S. The Labute approximate surface area is 120 Å². The number of hydrogen-bond donors (Lipinski definition) is 3. The van der Waals surface area contributed by atoms with Gasteiger partial charge in [-0.1, -0.05) is 13.8 Å². The molecule has 1 unspecified atom stereocenters. The van der Waals surface area contributed by atoms with Crippen LogP contribution in [0.2, 0.25) is 0 Å². The Hall–Kier alpha value is -0.590. The molecule has 18 heavy (non-hydrogen) atoms. The molecule has 1 aromatic rings. The van der Waals surface area contributed by atoms with Gasteiger partial charge in [-0.25, -0.2) is 4.79 Å². The first-order chi connectivity index (χ1) is 8.52. The van der Waals surface area contributed by atoms with Crippen LogP contribution < -0.4 is 10.6 Å². The molecular weight excluding hydrogens is 316 g/mol. The summed E-state index contributed by atoms with van der Waals surface area (Å²) in [5.74, 6) is 0.304. The zero-order chi connectivity index (χ0) is 13.5. The summed E-state index contributed by atoms with van der Waals surface area (Å²) in [5, 5.41) is 14.6. The van der Waals surface area contributed by atoms with Crippen molar-refractivity contribution in [2.24, 2.45) is 5.92 Å². The molecule has 4 nitrogen and oxygen atoms in total. The summed E-state index contributed by atoms with van der Waals surface area (Å²) in [6, 6.07) is 3.75. The van der Waals surface area contributed by atoms with E-state index in [1.54, 1.807) is 11.3 Å². The fourth-order valence-electron chi connectivity index (χ4n) is 1.54. The van der Waals surface area contributed by atoms with E-state index in [9.17, 15) is 4.79 Å². The average Bonchev–Trinajstić information content (AvgIpc) is 2.72. The lowest BCUT2D eigenvalue weighted by molar-refractivity contribution is 0.219. The van der Waals surface area contributed by atoms with E-state index in [2.05, 4.69) is 26.6 Å². The van der Waals surface area contributed by atoms with Crippen molar-refractivity contribution in [1.29, 1.82) is 0 Å². The van der Waals surface area contributed by atoms with Crippen LogP contribution in [0.1, 0.15) is 25.1 Å². The van der Waals surface area contributed by atoms with Crippen molar-refractivity contribution in [3.8, 4) is 0 Å². The monoisotopic (exact) mass is 334 g/mol. The average molecular weight is 335 g/mol. The van der Waals surface area contributed by atoms with Gasteiger partial charge in [-0.2, -0.15) is 0 Å². The summed E-state index contributed by atoms with van der Waals surface area (Å²) in [7, 11) is 0. The van der Waals surface area contributed by atoms with Gasteiger partial charge in [0.1, 0.15) is 0 Å². The molecule has 6 heteroatoms. The minimum Gasteiger partial charge on any atom is -0.396 e. The lowest BCUT2D eigenvalue weighted by Crippen LogP contribution is -2.44. The Morgan fingerprint density at radius 3 is 2.72 bits per heavy atom. The first-order valence-electron chi connectivity index (χ1n) is 5.92. The smallest absolute Gasteiger partial charge is 0.315 e. The molecule has 2 amide bonds. The lowest BCUT2D eigenvalue weighted by Gasteiger charge is -2.21. The number of urea groups is 1. The van der Waals surface area contributed by atoms with Crippen LogP contribution in [-0.2, 0) is 6.54 Å². The van der Waals surface area contributed by atoms with Gasteiger partial charge in [0, 0.05) is 17.5 Å². The van der Waals surface area contributed by atoms with Crippen molar-refractivity contribution in [3.05, 3.63) is 20.8 Å². The van der Waals surface area contributed by atoms with Crippen molar-refractivity contribution >= 4 is 33.3 Å². The Bertz CT molecular complexity index is 382. The van der Waals surface area contributed by atoms with E-state index in [-0.39, 0.29) is 18.7 Å². The highest BCUT2D eigenvalue weighted by atomic mass is 79.9. The number of hydrogen-bond acceptors (Lipinski definition) is 3. The van der Waals surface area contributed by atoms with Gasteiger partial charge in [0.2, 0.25) is 0 Å². The standard InChI is InChI=1S/C12H19BrN2O2S/c1-8(2)10(5-6-16)15-12(17)14-7-9-3-4-11(13)18-9/h3-4,8,10,16H,5-7H2,1-2H3,(H2,14,15,17). The van der Waals surface area contributed by atoms with Crippen LogP contribution in [0, 0.1) is 5.92 Å². The molecule has 0 aliphatic rings. The molecule has 0 spiro atoms. The molecule has 1 rings (SSSR count). The Balaban J connectivity index is 2.36. The highest BCUT2D eigenvalue weighted by Crippen LogP contribution is 2.21. The van der Waals surface area contributed by atoms with E-state index in [4.69, 9.17) is 5.11 Å². The maximum absolute atomic E-state index is 11.7. The second-order valence-electron chi connectivity index (χ2n) is 4.40. The van der Waals surface area contributed by atoms with Gasteiger partial charge in [-0.3, -0.25) is 0 Å². The first-order valence-corrected chi connectivity index (χ1v) is 7.53. The number of thiophene rings is 1. The van der Waals surface area contributed by atoms with Gasteiger partial charge in [0.05, 0.1) is 10.3 Å². The maximum Gasteiger partial charge on any atom is 0.315 e. The number of rotatable bonds is 6. The summed E-state index contributed by atoms with van der Waals surface area (Å²) in [5.41, 5.74) is 0. The topological polar surface area (TPSA) is 61.4 Å². The van der Waals surface area contributed by atoms with Gasteiger partial charge in [-0.15, -0.1) is 11.3 Å². The number of nitrogens with one attached hydrogen (secondary N) is 2. The molecule has 0 bridgehead atoms. The molecule has 0 aliphatic heterocycles. The predicted molar refractivity (Wildman–Crippen MR) is 77.7 cm³/mol.